The summed E-state index contributed by atoms with van der Waals surface area (Å²) in [6.45, 7) is 2.34. The molecular formula is C10H17N3O2. The predicted molar refractivity (Wildman–Crippen MR) is 55.4 cm³/mol. The van der Waals surface area contributed by atoms with Crippen LogP contribution in [0.25, 0.3) is 0 Å². The lowest BCUT2D eigenvalue weighted by atomic mass is 10.2. The Morgan fingerprint density at radius 1 is 1.40 bits per heavy atom. The Balaban J connectivity index is 1.82. The zero-order valence-electron chi connectivity index (χ0n) is 8.71. The van der Waals surface area contributed by atoms with Crippen LogP contribution in [0.1, 0.15) is 19.3 Å². The minimum atomic E-state index is -0.235. The number of hydrogen-bond acceptors (Lipinski definition) is 4. The first-order valence-electron chi connectivity index (χ1n) is 5.54. The molecular weight excluding hydrogens is 194 g/mol. The summed E-state index contributed by atoms with van der Waals surface area (Å²) < 4.78 is 0. The van der Waals surface area contributed by atoms with Crippen LogP contribution in [0.4, 0.5) is 0 Å². The van der Waals surface area contributed by atoms with E-state index < -0.39 is 0 Å². The number of ketones is 1. The van der Waals surface area contributed by atoms with Crippen LogP contribution in [0.2, 0.25) is 0 Å². The second-order valence-electron chi connectivity index (χ2n) is 4.13. The molecule has 5 nitrogen and oxygen atoms in total. The number of carbonyl (C=O) groups excluding carboxylic acids is 2. The quantitative estimate of drug-likeness (QED) is 0.536. The van der Waals surface area contributed by atoms with Crippen LogP contribution < -0.4 is 16.0 Å². The molecule has 0 aromatic rings. The van der Waals surface area contributed by atoms with Gasteiger partial charge in [-0.25, -0.2) is 0 Å². The predicted octanol–water partition coefficient (Wildman–Crippen LogP) is -1.21. The van der Waals surface area contributed by atoms with Crippen LogP contribution in [0.3, 0.4) is 0 Å². The third kappa shape index (κ3) is 2.54. The molecule has 1 heterocycles. The summed E-state index contributed by atoms with van der Waals surface area (Å²) in [4.78, 5) is 23.1. The number of amides is 1. The molecule has 2 aliphatic rings. The fraction of sp³-hybridized carbons (Fsp3) is 0.800. The fourth-order valence-electron chi connectivity index (χ4n) is 2.08. The number of nitrogens with one attached hydrogen (secondary N) is 3. The first-order chi connectivity index (χ1) is 7.27. The van der Waals surface area contributed by atoms with Gasteiger partial charge in [-0.1, -0.05) is 0 Å². The molecule has 0 bridgehead atoms. The Labute approximate surface area is 89.0 Å². The van der Waals surface area contributed by atoms with E-state index in [2.05, 4.69) is 16.0 Å². The normalized spacial score (nSPS) is 31.6. The number of piperazine rings is 1. The summed E-state index contributed by atoms with van der Waals surface area (Å²) in [5, 5.41) is 9.07. The van der Waals surface area contributed by atoms with E-state index in [0.29, 0.717) is 13.0 Å². The zero-order valence-corrected chi connectivity index (χ0v) is 8.71. The minimum Gasteiger partial charge on any atom is -0.345 e. The van der Waals surface area contributed by atoms with E-state index in [0.717, 1.165) is 25.9 Å². The highest BCUT2D eigenvalue weighted by Gasteiger charge is 2.29. The average Bonchev–Trinajstić information content (AvgIpc) is 2.66. The third-order valence-electron chi connectivity index (χ3n) is 2.98. The molecule has 0 aromatic heterocycles. The minimum absolute atomic E-state index is 0.0533. The van der Waals surface area contributed by atoms with Crippen LogP contribution in [0, 0.1) is 0 Å². The maximum Gasteiger partial charge on any atom is 0.239 e. The van der Waals surface area contributed by atoms with Gasteiger partial charge in [-0.15, -0.1) is 0 Å². The molecule has 15 heavy (non-hydrogen) atoms. The lowest BCUT2D eigenvalue weighted by Gasteiger charge is -2.24. The molecule has 84 valence electrons. The van der Waals surface area contributed by atoms with Gasteiger partial charge in [-0.2, -0.15) is 0 Å². The van der Waals surface area contributed by atoms with Gasteiger partial charge < -0.3 is 16.0 Å². The van der Waals surface area contributed by atoms with E-state index in [1.807, 2.05) is 0 Å². The molecule has 0 spiro atoms. The van der Waals surface area contributed by atoms with E-state index in [4.69, 9.17) is 0 Å². The van der Waals surface area contributed by atoms with Crippen molar-refractivity contribution in [1.29, 1.82) is 0 Å². The van der Waals surface area contributed by atoms with Crippen molar-refractivity contribution in [3.63, 3.8) is 0 Å². The van der Waals surface area contributed by atoms with E-state index >= 15 is 0 Å². The van der Waals surface area contributed by atoms with Gasteiger partial charge in [-0.05, 0) is 12.8 Å². The van der Waals surface area contributed by atoms with Crippen LogP contribution in [-0.2, 0) is 9.59 Å². The number of carbonyl (C=O) groups is 2. The second-order valence-corrected chi connectivity index (χ2v) is 4.13. The SMILES string of the molecule is O=C(N[C@H]1CCCC1=O)C1CNCCN1. The van der Waals surface area contributed by atoms with E-state index in [1.54, 1.807) is 0 Å². The molecule has 2 fully saturated rings. The van der Waals surface area contributed by atoms with E-state index in [9.17, 15) is 9.59 Å². The lowest BCUT2D eigenvalue weighted by molar-refractivity contribution is -0.128. The molecule has 1 unspecified atom stereocenters. The molecule has 2 rings (SSSR count). The Morgan fingerprint density at radius 3 is 2.87 bits per heavy atom. The Hall–Kier alpha value is -0.940. The van der Waals surface area contributed by atoms with Gasteiger partial charge in [0.1, 0.15) is 0 Å². The number of hydrogen-bond donors (Lipinski definition) is 3. The molecule has 5 heteroatoms. The number of rotatable bonds is 2. The van der Waals surface area contributed by atoms with Crippen LogP contribution in [0.15, 0.2) is 0 Å². The zero-order chi connectivity index (χ0) is 10.7. The topological polar surface area (TPSA) is 70.2 Å². The molecule has 1 amide bonds. The molecule has 0 aromatic carbocycles. The largest absolute Gasteiger partial charge is 0.345 e. The average molecular weight is 211 g/mol. The third-order valence-corrected chi connectivity index (χ3v) is 2.98. The van der Waals surface area contributed by atoms with Crippen molar-refractivity contribution in [2.24, 2.45) is 0 Å². The Bertz CT molecular complexity index is 261. The highest BCUT2D eigenvalue weighted by Crippen LogP contribution is 2.14. The second kappa shape index (κ2) is 4.72. The van der Waals surface area contributed by atoms with Gasteiger partial charge in [0.05, 0.1) is 12.1 Å². The maximum absolute atomic E-state index is 11.7. The van der Waals surface area contributed by atoms with Gasteiger partial charge in [0.25, 0.3) is 0 Å². The van der Waals surface area contributed by atoms with Crippen molar-refractivity contribution in [2.45, 2.75) is 31.3 Å². The van der Waals surface area contributed by atoms with Crippen LogP contribution in [-0.4, -0.2) is 43.4 Å². The first kappa shape index (κ1) is 10.6. The molecule has 1 saturated carbocycles. The number of Topliss-reactive ketones (excluding diaryl/α,β-unsaturated/α-hetero) is 1. The summed E-state index contributed by atoms with van der Waals surface area (Å²) in [6, 6.07) is -0.423. The van der Waals surface area contributed by atoms with Crippen molar-refractivity contribution >= 4 is 11.7 Å². The van der Waals surface area contributed by atoms with E-state index in [1.165, 1.54) is 0 Å². The fourth-order valence-corrected chi connectivity index (χ4v) is 2.08. The monoisotopic (exact) mass is 211 g/mol. The molecule has 1 saturated heterocycles. The molecule has 1 aliphatic carbocycles. The van der Waals surface area contributed by atoms with Gasteiger partial charge >= 0.3 is 0 Å². The van der Waals surface area contributed by atoms with Crippen molar-refractivity contribution in [1.82, 2.24) is 16.0 Å². The summed E-state index contributed by atoms with van der Waals surface area (Å²) in [5.41, 5.74) is 0. The highest BCUT2D eigenvalue weighted by atomic mass is 16.2. The summed E-state index contributed by atoms with van der Waals surface area (Å²) in [7, 11) is 0. The van der Waals surface area contributed by atoms with Crippen molar-refractivity contribution in [3.05, 3.63) is 0 Å². The summed E-state index contributed by atoms with van der Waals surface area (Å²) in [6.07, 6.45) is 2.31. The van der Waals surface area contributed by atoms with E-state index in [-0.39, 0.29) is 23.8 Å². The first-order valence-corrected chi connectivity index (χ1v) is 5.54. The highest BCUT2D eigenvalue weighted by molar-refractivity contribution is 5.92. The van der Waals surface area contributed by atoms with Crippen LogP contribution >= 0.6 is 0 Å². The Morgan fingerprint density at radius 2 is 2.27 bits per heavy atom. The molecule has 1 aliphatic heterocycles. The standard InChI is InChI=1S/C10H17N3O2/c14-9-3-1-2-7(9)13-10(15)8-6-11-4-5-12-8/h7-8,11-12H,1-6H2,(H,13,15)/t7-,8?/m0/s1. The Kier molecular flexibility index (Phi) is 3.33. The van der Waals surface area contributed by atoms with Crippen LogP contribution in [0.5, 0.6) is 0 Å². The molecule has 0 radical (unpaired) electrons. The lowest BCUT2D eigenvalue weighted by Crippen LogP contribution is -2.57. The maximum atomic E-state index is 11.7. The summed E-state index contributed by atoms with van der Waals surface area (Å²) >= 11 is 0. The van der Waals surface area contributed by atoms with Crippen molar-refractivity contribution in [2.75, 3.05) is 19.6 Å². The van der Waals surface area contributed by atoms with Crippen molar-refractivity contribution < 1.29 is 9.59 Å². The van der Waals surface area contributed by atoms with Gasteiger partial charge in [0, 0.05) is 26.1 Å². The van der Waals surface area contributed by atoms with Crippen molar-refractivity contribution in [3.8, 4) is 0 Å². The van der Waals surface area contributed by atoms with Gasteiger partial charge in [-0.3, -0.25) is 9.59 Å². The molecule has 3 N–H and O–H groups in total. The smallest absolute Gasteiger partial charge is 0.239 e. The molecule has 2 atom stereocenters. The van der Waals surface area contributed by atoms with Gasteiger partial charge in [0.2, 0.25) is 5.91 Å². The summed E-state index contributed by atoms with van der Waals surface area (Å²) in [5.74, 6) is 0.120. The van der Waals surface area contributed by atoms with Gasteiger partial charge in [0.15, 0.2) is 5.78 Å².